The molecule has 5 heteroatoms. The molecule has 0 aliphatic heterocycles. The second kappa shape index (κ2) is 5.65. The van der Waals surface area contributed by atoms with Crippen molar-refractivity contribution >= 4 is 21.7 Å². The highest BCUT2D eigenvalue weighted by molar-refractivity contribution is 9.10. The van der Waals surface area contributed by atoms with Crippen molar-refractivity contribution in [1.29, 1.82) is 0 Å². The molecular weight excluding hydrogens is 311 g/mol. The highest BCUT2D eigenvalue weighted by atomic mass is 79.9. The number of rotatable bonds is 4. The van der Waals surface area contributed by atoms with Crippen LogP contribution in [-0.4, -0.2) is 15.6 Å². The number of hydrogen-bond donors (Lipinski definition) is 0. The molecule has 0 saturated carbocycles. The van der Waals surface area contributed by atoms with Crippen LogP contribution in [0.3, 0.4) is 0 Å². The van der Waals surface area contributed by atoms with E-state index in [1.165, 1.54) is 12.1 Å². The van der Waals surface area contributed by atoms with E-state index in [2.05, 4.69) is 21.0 Å². The Kier molecular flexibility index (Phi) is 4.14. The van der Waals surface area contributed by atoms with Crippen molar-refractivity contribution in [3.8, 4) is 0 Å². The molecule has 0 saturated heterocycles. The number of nitrogens with zero attached hydrogens (tertiary/aromatic N) is 2. The molecule has 0 unspecified atom stereocenters. The third-order valence-electron chi connectivity index (χ3n) is 2.94. The van der Waals surface area contributed by atoms with Gasteiger partial charge in [0.05, 0.1) is 5.69 Å². The fourth-order valence-corrected chi connectivity index (χ4v) is 2.29. The Hall–Kier alpha value is -1.49. The van der Waals surface area contributed by atoms with Crippen LogP contribution in [0.1, 0.15) is 28.7 Å². The fraction of sp³-hybridized carbons (Fsp3) is 0.286. The third-order valence-corrected chi connectivity index (χ3v) is 3.71. The lowest BCUT2D eigenvalue weighted by atomic mass is 10.1. The van der Waals surface area contributed by atoms with Gasteiger partial charge >= 0.3 is 0 Å². The van der Waals surface area contributed by atoms with Gasteiger partial charge in [0, 0.05) is 17.9 Å². The summed E-state index contributed by atoms with van der Waals surface area (Å²) in [5.41, 5.74) is 2.07. The van der Waals surface area contributed by atoms with Crippen LogP contribution in [0.25, 0.3) is 0 Å². The van der Waals surface area contributed by atoms with E-state index < -0.39 is 0 Å². The number of hydrogen-bond acceptors (Lipinski definition) is 2. The number of aromatic nitrogens is 2. The first kappa shape index (κ1) is 13.9. The van der Waals surface area contributed by atoms with Crippen LogP contribution in [0, 0.1) is 5.82 Å². The Morgan fingerprint density at radius 3 is 2.79 bits per heavy atom. The van der Waals surface area contributed by atoms with E-state index in [0.29, 0.717) is 11.3 Å². The van der Waals surface area contributed by atoms with E-state index in [-0.39, 0.29) is 18.0 Å². The average Bonchev–Trinajstić information content (AvgIpc) is 2.75. The van der Waals surface area contributed by atoms with Gasteiger partial charge in [-0.25, -0.2) is 4.39 Å². The van der Waals surface area contributed by atoms with Crippen LogP contribution in [0.5, 0.6) is 0 Å². The van der Waals surface area contributed by atoms with Gasteiger partial charge in [-0.3, -0.25) is 9.48 Å². The topological polar surface area (TPSA) is 34.9 Å². The average molecular weight is 325 g/mol. The highest BCUT2D eigenvalue weighted by Crippen LogP contribution is 2.20. The second-order valence-corrected chi connectivity index (χ2v) is 5.19. The summed E-state index contributed by atoms with van der Waals surface area (Å²) in [4.78, 5) is 12.2. The van der Waals surface area contributed by atoms with E-state index >= 15 is 0 Å². The van der Waals surface area contributed by atoms with Crippen molar-refractivity contribution in [2.45, 2.75) is 19.8 Å². The summed E-state index contributed by atoms with van der Waals surface area (Å²) < 4.78 is 15.5. The van der Waals surface area contributed by atoms with Crippen LogP contribution >= 0.6 is 15.9 Å². The molecule has 0 radical (unpaired) electrons. The number of carbonyl (C=O) groups excluding carboxylic acids is 1. The zero-order valence-corrected chi connectivity index (χ0v) is 12.4. The third kappa shape index (κ3) is 3.10. The lowest BCUT2D eigenvalue weighted by Crippen LogP contribution is -2.10. The predicted octanol–water partition coefficient (Wildman–Crippen LogP) is 3.31. The molecule has 0 N–H and O–H groups in total. The van der Waals surface area contributed by atoms with Gasteiger partial charge in [-0.2, -0.15) is 5.10 Å². The monoisotopic (exact) mass is 324 g/mol. The van der Waals surface area contributed by atoms with Gasteiger partial charge in [-0.15, -0.1) is 0 Å². The minimum Gasteiger partial charge on any atom is -0.292 e. The Morgan fingerprint density at radius 2 is 2.16 bits per heavy atom. The minimum atomic E-state index is -0.342. The Bertz CT molecular complexity index is 622. The van der Waals surface area contributed by atoms with E-state index in [0.717, 1.165) is 16.6 Å². The molecule has 2 aromatic rings. The van der Waals surface area contributed by atoms with Crippen molar-refractivity contribution in [2.24, 2.45) is 7.05 Å². The van der Waals surface area contributed by atoms with Gasteiger partial charge in [-0.1, -0.05) is 22.9 Å². The molecule has 1 aromatic heterocycles. The maximum absolute atomic E-state index is 13.2. The molecular formula is C14H14BrFN2O. The molecule has 100 valence electrons. The molecule has 1 heterocycles. The zero-order valence-electron chi connectivity index (χ0n) is 10.8. The lowest BCUT2D eigenvalue weighted by molar-refractivity contribution is 0.0984. The van der Waals surface area contributed by atoms with Gasteiger partial charge in [0.2, 0.25) is 0 Å². The minimum absolute atomic E-state index is 0.0685. The number of ketones is 1. The summed E-state index contributed by atoms with van der Waals surface area (Å²) >= 11 is 3.33. The molecule has 0 aliphatic rings. The van der Waals surface area contributed by atoms with Crippen molar-refractivity contribution in [2.75, 3.05) is 0 Å². The molecule has 0 bridgehead atoms. The summed E-state index contributed by atoms with van der Waals surface area (Å²) in [7, 11) is 1.74. The van der Waals surface area contributed by atoms with E-state index in [1.807, 2.05) is 6.92 Å². The molecule has 1 aromatic carbocycles. The number of halogens is 2. The first-order chi connectivity index (χ1) is 9.01. The number of Topliss-reactive ketones (excluding diaryl/α,β-unsaturated/α-hetero) is 1. The van der Waals surface area contributed by atoms with Crippen LogP contribution in [0.2, 0.25) is 0 Å². The molecule has 0 amide bonds. The quantitative estimate of drug-likeness (QED) is 0.809. The molecule has 19 heavy (non-hydrogen) atoms. The summed E-state index contributed by atoms with van der Waals surface area (Å²) in [6.45, 7) is 1.99. The van der Waals surface area contributed by atoms with Crippen molar-refractivity contribution < 1.29 is 9.18 Å². The number of benzene rings is 1. The second-order valence-electron chi connectivity index (χ2n) is 4.33. The molecule has 3 nitrogen and oxygen atoms in total. The first-order valence-electron chi connectivity index (χ1n) is 6.01. The van der Waals surface area contributed by atoms with Gasteiger partial charge in [-0.05, 0) is 36.2 Å². The molecule has 2 rings (SSSR count). The van der Waals surface area contributed by atoms with Gasteiger partial charge < -0.3 is 0 Å². The molecule has 0 fully saturated rings. The Labute approximate surface area is 119 Å². The van der Waals surface area contributed by atoms with Gasteiger partial charge in [0.25, 0.3) is 0 Å². The molecule has 0 spiro atoms. The smallest absolute Gasteiger partial charge is 0.185 e. The predicted molar refractivity (Wildman–Crippen MR) is 74.7 cm³/mol. The van der Waals surface area contributed by atoms with Crippen molar-refractivity contribution in [3.63, 3.8) is 0 Å². The maximum Gasteiger partial charge on any atom is 0.185 e. The van der Waals surface area contributed by atoms with Crippen molar-refractivity contribution in [3.05, 3.63) is 51.5 Å². The Balaban J connectivity index is 2.25. The summed E-state index contributed by atoms with van der Waals surface area (Å²) in [6.07, 6.45) is 0.936. The number of carbonyl (C=O) groups is 1. The van der Waals surface area contributed by atoms with Crippen LogP contribution in [-0.2, 0) is 19.9 Å². The van der Waals surface area contributed by atoms with Crippen LogP contribution in [0.15, 0.2) is 28.7 Å². The normalized spacial score (nSPS) is 10.7. The largest absolute Gasteiger partial charge is 0.292 e. The summed E-state index contributed by atoms with van der Waals surface area (Å²) in [5, 5.41) is 4.24. The Morgan fingerprint density at radius 1 is 1.42 bits per heavy atom. The SMILES string of the molecule is CCc1cc(C(=O)Cc2cc(F)ccc2Br)n(C)n1. The van der Waals surface area contributed by atoms with Crippen LogP contribution in [0.4, 0.5) is 4.39 Å². The standard InChI is InChI=1S/C14H14BrFN2O/c1-3-11-8-13(18(2)17-11)14(19)7-9-6-10(16)4-5-12(9)15/h4-6,8H,3,7H2,1-2H3. The van der Waals surface area contributed by atoms with E-state index in [9.17, 15) is 9.18 Å². The zero-order chi connectivity index (χ0) is 14.0. The summed E-state index contributed by atoms with van der Waals surface area (Å²) in [5.74, 6) is -0.411. The van der Waals surface area contributed by atoms with E-state index in [1.54, 1.807) is 23.9 Å². The highest BCUT2D eigenvalue weighted by Gasteiger charge is 2.15. The fourth-order valence-electron chi connectivity index (χ4n) is 1.90. The van der Waals surface area contributed by atoms with Gasteiger partial charge in [0.15, 0.2) is 5.78 Å². The lowest BCUT2D eigenvalue weighted by Gasteiger charge is -2.04. The molecule has 0 aliphatic carbocycles. The first-order valence-corrected chi connectivity index (χ1v) is 6.80. The summed E-state index contributed by atoms with van der Waals surface area (Å²) in [6, 6.07) is 6.13. The van der Waals surface area contributed by atoms with Crippen molar-refractivity contribution in [1.82, 2.24) is 9.78 Å². The molecule has 0 atom stereocenters. The maximum atomic E-state index is 13.2. The van der Waals surface area contributed by atoms with Crippen LogP contribution < -0.4 is 0 Å². The number of aryl methyl sites for hydroxylation is 2. The van der Waals surface area contributed by atoms with E-state index in [4.69, 9.17) is 0 Å². The van der Waals surface area contributed by atoms with Gasteiger partial charge in [0.1, 0.15) is 11.5 Å².